The van der Waals surface area contributed by atoms with Crippen molar-refractivity contribution >= 4 is 21.4 Å². The number of nitrogen functional groups attached to an aromatic ring is 1. The average molecular weight is 338 g/mol. The quantitative estimate of drug-likeness (QED) is 0.866. The van der Waals surface area contributed by atoms with E-state index in [-0.39, 0.29) is 29.4 Å². The Morgan fingerprint density at radius 2 is 2.04 bits per heavy atom. The number of anilines is 2. The molecule has 0 saturated carbocycles. The molecule has 1 heterocycles. The molecule has 0 radical (unpaired) electrons. The largest absolute Gasteiger partial charge is 0.495 e. The summed E-state index contributed by atoms with van der Waals surface area (Å²) in [7, 11) is -2.44. The van der Waals surface area contributed by atoms with Gasteiger partial charge < -0.3 is 15.2 Å². The van der Waals surface area contributed by atoms with Crippen LogP contribution in [0.1, 0.15) is 0 Å². The van der Waals surface area contributed by atoms with Crippen LogP contribution in [0.4, 0.5) is 15.8 Å². The number of hydrogen-bond donors (Lipinski definition) is 1. The molecule has 2 aromatic carbocycles. The third-order valence-corrected chi connectivity index (χ3v) is 5.34. The highest BCUT2D eigenvalue weighted by molar-refractivity contribution is 7.92. The van der Waals surface area contributed by atoms with Gasteiger partial charge in [-0.1, -0.05) is 0 Å². The molecule has 1 aliphatic rings. The van der Waals surface area contributed by atoms with Crippen molar-refractivity contribution in [3.05, 3.63) is 42.2 Å². The van der Waals surface area contributed by atoms with Gasteiger partial charge in [-0.15, -0.1) is 0 Å². The van der Waals surface area contributed by atoms with E-state index >= 15 is 0 Å². The second-order valence-electron chi connectivity index (χ2n) is 4.94. The van der Waals surface area contributed by atoms with Gasteiger partial charge >= 0.3 is 0 Å². The molecule has 0 aliphatic carbocycles. The van der Waals surface area contributed by atoms with Crippen LogP contribution in [0.25, 0.3) is 0 Å². The molecule has 3 rings (SSSR count). The van der Waals surface area contributed by atoms with E-state index in [2.05, 4.69) is 0 Å². The van der Waals surface area contributed by atoms with Crippen LogP contribution in [-0.2, 0) is 10.0 Å². The molecule has 6 nitrogen and oxygen atoms in total. The van der Waals surface area contributed by atoms with Crippen molar-refractivity contribution in [2.24, 2.45) is 0 Å². The fourth-order valence-electron chi connectivity index (χ4n) is 2.42. The Morgan fingerprint density at radius 1 is 1.26 bits per heavy atom. The third kappa shape index (κ3) is 2.65. The molecule has 1 aliphatic heterocycles. The maximum Gasteiger partial charge on any atom is 0.264 e. The maximum atomic E-state index is 13.5. The van der Waals surface area contributed by atoms with Crippen molar-refractivity contribution in [3.8, 4) is 11.5 Å². The zero-order valence-corrected chi connectivity index (χ0v) is 13.1. The molecule has 122 valence electrons. The summed E-state index contributed by atoms with van der Waals surface area (Å²) < 4.78 is 50.8. The van der Waals surface area contributed by atoms with Crippen LogP contribution >= 0.6 is 0 Å². The summed E-state index contributed by atoms with van der Waals surface area (Å²) in [4.78, 5) is 0.00733. The van der Waals surface area contributed by atoms with E-state index in [9.17, 15) is 12.8 Å². The van der Waals surface area contributed by atoms with Crippen molar-refractivity contribution in [1.29, 1.82) is 0 Å². The predicted molar refractivity (Wildman–Crippen MR) is 83.8 cm³/mol. The molecular weight excluding hydrogens is 323 g/mol. The first-order chi connectivity index (χ1) is 10.9. The summed E-state index contributed by atoms with van der Waals surface area (Å²) in [5.41, 5.74) is 6.17. The van der Waals surface area contributed by atoms with Crippen LogP contribution in [0.5, 0.6) is 11.5 Å². The van der Waals surface area contributed by atoms with Crippen molar-refractivity contribution < 1.29 is 22.3 Å². The molecule has 2 aromatic rings. The van der Waals surface area contributed by atoms with Gasteiger partial charge in [0.05, 0.1) is 29.9 Å². The first-order valence-electron chi connectivity index (χ1n) is 6.82. The number of rotatable bonds is 3. The number of sulfonamides is 1. The minimum absolute atomic E-state index is 0.00733. The monoisotopic (exact) mass is 338 g/mol. The van der Waals surface area contributed by atoms with E-state index < -0.39 is 15.8 Å². The Bertz CT molecular complexity index is 855. The molecule has 0 saturated heterocycles. The van der Waals surface area contributed by atoms with Gasteiger partial charge in [0.2, 0.25) is 0 Å². The maximum absolute atomic E-state index is 13.5. The highest BCUT2D eigenvalue weighted by Gasteiger charge is 2.30. The number of fused-ring (bicyclic) bond motifs is 1. The summed E-state index contributed by atoms with van der Waals surface area (Å²) in [5, 5.41) is 0. The molecule has 0 bridgehead atoms. The second kappa shape index (κ2) is 5.62. The van der Waals surface area contributed by atoms with Gasteiger partial charge in [-0.25, -0.2) is 12.8 Å². The Labute approximate surface area is 133 Å². The highest BCUT2D eigenvalue weighted by atomic mass is 32.2. The Morgan fingerprint density at radius 3 is 2.74 bits per heavy atom. The Balaban J connectivity index is 2.08. The summed E-state index contributed by atoms with van der Waals surface area (Å²) >= 11 is 0. The van der Waals surface area contributed by atoms with Gasteiger partial charge in [0.15, 0.2) is 0 Å². The Hall–Kier alpha value is -2.48. The fourth-order valence-corrected chi connectivity index (χ4v) is 3.90. The standard InChI is InChI=1S/C15H15FN2O4S/c1-21-14-5-3-11(9-12(14)17)23(19,20)18-6-7-22-15-4-2-10(16)8-13(15)18/h2-5,8-9H,6-7,17H2,1H3. The van der Waals surface area contributed by atoms with Crippen LogP contribution < -0.4 is 19.5 Å². The normalized spacial score (nSPS) is 14.1. The van der Waals surface area contributed by atoms with E-state index in [1.807, 2.05) is 0 Å². The first kappa shape index (κ1) is 15.4. The van der Waals surface area contributed by atoms with Gasteiger partial charge in [-0.3, -0.25) is 4.31 Å². The molecular formula is C15H15FN2O4S. The van der Waals surface area contributed by atoms with Gasteiger partial charge in [0.25, 0.3) is 10.0 Å². The fraction of sp³-hybridized carbons (Fsp3) is 0.200. The summed E-state index contributed by atoms with van der Waals surface area (Å²) in [6.07, 6.45) is 0. The van der Waals surface area contributed by atoms with Crippen LogP contribution in [0.15, 0.2) is 41.3 Å². The number of nitrogens with two attached hydrogens (primary N) is 1. The number of methoxy groups -OCH3 is 1. The van der Waals surface area contributed by atoms with Crippen molar-refractivity contribution in [1.82, 2.24) is 0 Å². The van der Waals surface area contributed by atoms with Crippen LogP contribution in [0.3, 0.4) is 0 Å². The first-order valence-corrected chi connectivity index (χ1v) is 8.26. The van der Waals surface area contributed by atoms with E-state index in [4.69, 9.17) is 15.2 Å². The summed E-state index contributed by atoms with van der Waals surface area (Å²) in [6, 6.07) is 7.98. The number of benzene rings is 2. The SMILES string of the molecule is COc1ccc(S(=O)(=O)N2CCOc3ccc(F)cc32)cc1N. The Kier molecular flexibility index (Phi) is 3.77. The van der Waals surface area contributed by atoms with Crippen molar-refractivity contribution in [2.75, 3.05) is 30.3 Å². The van der Waals surface area contributed by atoms with Crippen LogP contribution in [0, 0.1) is 5.82 Å². The number of hydrogen-bond acceptors (Lipinski definition) is 5. The topological polar surface area (TPSA) is 81.9 Å². The minimum atomic E-state index is -3.89. The lowest BCUT2D eigenvalue weighted by Gasteiger charge is -2.30. The predicted octanol–water partition coefficient (Wildman–Crippen LogP) is 2.00. The summed E-state index contributed by atoms with van der Waals surface area (Å²) in [6.45, 7) is 0.272. The van der Waals surface area contributed by atoms with E-state index in [1.54, 1.807) is 0 Å². The molecule has 0 amide bonds. The smallest absolute Gasteiger partial charge is 0.264 e. The van der Waals surface area contributed by atoms with Gasteiger partial charge in [-0.2, -0.15) is 0 Å². The lowest BCUT2D eigenvalue weighted by molar-refractivity contribution is 0.315. The number of ether oxygens (including phenoxy) is 2. The molecule has 8 heteroatoms. The molecule has 0 spiro atoms. The van der Waals surface area contributed by atoms with Crippen LogP contribution in [-0.4, -0.2) is 28.7 Å². The lowest BCUT2D eigenvalue weighted by Crippen LogP contribution is -2.38. The zero-order valence-electron chi connectivity index (χ0n) is 12.3. The molecule has 2 N–H and O–H groups in total. The van der Waals surface area contributed by atoms with Gasteiger partial charge in [-0.05, 0) is 30.3 Å². The summed E-state index contributed by atoms with van der Waals surface area (Å²) in [5.74, 6) is 0.170. The number of halogens is 1. The van der Waals surface area contributed by atoms with Crippen molar-refractivity contribution in [2.45, 2.75) is 4.90 Å². The minimum Gasteiger partial charge on any atom is -0.495 e. The second-order valence-corrected chi connectivity index (χ2v) is 6.80. The number of nitrogens with zero attached hydrogens (tertiary/aromatic N) is 1. The molecule has 0 fully saturated rings. The molecule has 0 aromatic heterocycles. The van der Waals surface area contributed by atoms with Gasteiger partial charge in [0.1, 0.15) is 23.9 Å². The molecule has 0 unspecified atom stereocenters. The van der Waals surface area contributed by atoms with E-state index in [0.29, 0.717) is 11.5 Å². The third-order valence-electron chi connectivity index (χ3n) is 3.53. The highest BCUT2D eigenvalue weighted by Crippen LogP contribution is 2.36. The van der Waals surface area contributed by atoms with Crippen LogP contribution in [0.2, 0.25) is 0 Å². The lowest BCUT2D eigenvalue weighted by atomic mass is 10.2. The van der Waals surface area contributed by atoms with Crippen molar-refractivity contribution in [3.63, 3.8) is 0 Å². The zero-order chi connectivity index (χ0) is 16.6. The average Bonchev–Trinajstić information content (AvgIpc) is 2.54. The van der Waals surface area contributed by atoms with Gasteiger partial charge in [0, 0.05) is 6.07 Å². The van der Waals surface area contributed by atoms with E-state index in [0.717, 1.165) is 10.4 Å². The molecule has 0 atom stereocenters. The molecule has 23 heavy (non-hydrogen) atoms. The van der Waals surface area contributed by atoms with E-state index in [1.165, 1.54) is 37.4 Å².